The van der Waals surface area contributed by atoms with Crippen molar-refractivity contribution in [3.05, 3.63) is 34.9 Å². The number of aliphatic hydroxyl groups is 2. The number of oxime groups is 1. The van der Waals surface area contributed by atoms with Crippen LogP contribution < -0.4 is 0 Å². The summed E-state index contributed by atoms with van der Waals surface area (Å²) in [6.07, 6.45) is 1.36. The van der Waals surface area contributed by atoms with Crippen molar-refractivity contribution in [2.24, 2.45) is 5.16 Å². The highest BCUT2D eigenvalue weighted by Crippen LogP contribution is 2.11. The zero-order valence-corrected chi connectivity index (χ0v) is 8.88. The highest BCUT2D eigenvalue weighted by molar-refractivity contribution is 5.80. The van der Waals surface area contributed by atoms with Crippen LogP contribution in [0.25, 0.3) is 0 Å². The van der Waals surface area contributed by atoms with E-state index in [1.807, 2.05) is 0 Å². The molecule has 0 atom stereocenters. The Hall–Kier alpha value is -1.72. The molecule has 2 N–H and O–H groups in total. The van der Waals surface area contributed by atoms with Gasteiger partial charge in [0.1, 0.15) is 0 Å². The molecule has 16 heavy (non-hydrogen) atoms. The maximum Gasteiger partial charge on any atom is 0.331 e. The molecule has 1 rings (SSSR count). The van der Waals surface area contributed by atoms with Gasteiger partial charge in [0.2, 0.25) is 0 Å². The molecule has 0 radical (unpaired) electrons. The second-order valence-corrected chi connectivity index (χ2v) is 3.16. The Labute approximate surface area is 93.0 Å². The van der Waals surface area contributed by atoms with Crippen molar-refractivity contribution in [2.45, 2.75) is 20.1 Å². The van der Waals surface area contributed by atoms with Crippen LogP contribution >= 0.6 is 0 Å². The molecule has 0 spiro atoms. The minimum Gasteiger partial charge on any atom is -0.392 e. The second kappa shape index (κ2) is 5.99. The van der Waals surface area contributed by atoms with Crippen LogP contribution in [0.4, 0.5) is 0 Å². The number of aliphatic hydroxyl groups excluding tert-OH is 2. The normalized spacial score (nSPS) is 10.7. The molecule has 1 aromatic rings. The van der Waals surface area contributed by atoms with Crippen molar-refractivity contribution in [1.29, 1.82) is 0 Å². The van der Waals surface area contributed by atoms with Gasteiger partial charge in [-0.25, -0.2) is 4.79 Å². The molecule has 0 saturated heterocycles. The van der Waals surface area contributed by atoms with Gasteiger partial charge in [-0.15, -0.1) is 0 Å². The SMILES string of the molecule is CC(=O)O/N=C/c1ccc(CO)c(CO)c1. The largest absolute Gasteiger partial charge is 0.392 e. The fourth-order valence-corrected chi connectivity index (χ4v) is 1.19. The zero-order valence-electron chi connectivity index (χ0n) is 8.88. The highest BCUT2D eigenvalue weighted by atomic mass is 16.7. The standard InChI is InChI=1S/C11H13NO4/c1-8(15)16-12-5-9-2-3-10(6-13)11(4-9)7-14/h2-5,13-14H,6-7H2,1H3/b12-5+. The number of carbonyl (C=O) groups is 1. The van der Waals surface area contributed by atoms with Crippen LogP contribution in [0.5, 0.6) is 0 Å². The van der Waals surface area contributed by atoms with Crippen LogP contribution in [-0.4, -0.2) is 22.4 Å². The van der Waals surface area contributed by atoms with E-state index in [1.54, 1.807) is 18.2 Å². The first-order chi connectivity index (χ1) is 7.67. The third kappa shape index (κ3) is 3.45. The van der Waals surface area contributed by atoms with Crippen molar-refractivity contribution in [1.82, 2.24) is 0 Å². The Morgan fingerprint density at radius 3 is 2.62 bits per heavy atom. The fraction of sp³-hybridized carbons (Fsp3) is 0.273. The molecule has 86 valence electrons. The van der Waals surface area contributed by atoms with Crippen LogP contribution in [0, 0.1) is 0 Å². The summed E-state index contributed by atoms with van der Waals surface area (Å²) < 4.78 is 0. The maximum atomic E-state index is 10.4. The molecule has 5 heteroatoms. The summed E-state index contributed by atoms with van der Waals surface area (Å²) in [5, 5.41) is 21.5. The molecule has 0 aromatic heterocycles. The van der Waals surface area contributed by atoms with Gasteiger partial charge in [-0.05, 0) is 22.8 Å². The van der Waals surface area contributed by atoms with E-state index in [4.69, 9.17) is 10.2 Å². The summed E-state index contributed by atoms with van der Waals surface area (Å²) in [7, 11) is 0. The van der Waals surface area contributed by atoms with E-state index in [1.165, 1.54) is 13.1 Å². The number of carbonyl (C=O) groups excluding carboxylic acids is 1. The molecule has 0 aliphatic rings. The van der Waals surface area contributed by atoms with E-state index in [9.17, 15) is 4.79 Å². The lowest BCUT2D eigenvalue weighted by atomic mass is 10.1. The molecule has 0 amide bonds. The van der Waals surface area contributed by atoms with Gasteiger partial charge in [0, 0.05) is 6.92 Å². The van der Waals surface area contributed by atoms with E-state index in [-0.39, 0.29) is 13.2 Å². The molecule has 0 saturated carbocycles. The monoisotopic (exact) mass is 223 g/mol. The van der Waals surface area contributed by atoms with Gasteiger partial charge in [0.25, 0.3) is 0 Å². The smallest absolute Gasteiger partial charge is 0.331 e. The first kappa shape index (κ1) is 12.4. The molecule has 0 aliphatic heterocycles. The van der Waals surface area contributed by atoms with Crippen molar-refractivity contribution in [3.63, 3.8) is 0 Å². The first-order valence-corrected chi connectivity index (χ1v) is 4.72. The third-order valence-electron chi connectivity index (χ3n) is 1.95. The Kier molecular flexibility index (Phi) is 4.63. The summed E-state index contributed by atoms with van der Waals surface area (Å²) in [6, 6.07) is 5.05. The zero-order chi connectivity index (χ0) is 12.0. The summed E-state index contributed by atoms with van der Waals surface area (Å²) in [5.74, 6) is -0.495. The molecule has 0 aliphatic carbocycles. The minimum atomic E-state index is -0.495. The average molecular weight is 223 g/mol. The third-order valence-corrected chi connectivity index (χ3v) is 1.95. The summed E-state index contributed by atoms with van der Waals surface area (Å²) in [6.45, 7) is 0.966. The van der Waals surface area contributed by atoms with Gasteiger partial charge in [-0.2, -0.15) is 0 Å². The predicted octanol–water partition coefficient (Wildman–Crippen LogP) is 0.568. The van der Waals surface area contributed by atoms with Gasteiger partial charge in [-0.3, -0.25) is 0 Å². The molecule has 5 nitrogen and oxygen atoms in total. The summed E-state index contributed by atoms with van der Waals surface area (Å²) >= 11 is 0. The number of benzene rings is 1. The van der Waals surface area contributed by atoms with Crippen LogP contribution in [0.15, 0.2) is 23.4 Å². The average Bonchev–Trinajstić information content (AvgIpc) is 2.28. The van der Waals surface area contributed by atoms with E-state index in [2.05, 4.69) is 9.99 Å². The summed E-state index contributed by atoms with van der Waals surface area (Å²) in [4.78, 5) is 14.8. The Morgan fingerprint density at radius 2 is 2.06 bits per heavy atom. The summed E-state index contributed by atoms with van der Waals surface area (Å²) in [5.41, 5.74) is 1.96. The molecule has 0 bridgehead atoms. The van der Waals surface area contributed by atoms with E-state index in [0.29, 0.717) is 16.7 Å². The molecule has 0 fully saturated rings. The van der Waals surface area contributed by atoms with Crippen molar-refractivity contribution >= 4 is 12.2 Å². The van der Waals surface area contributed by atoms with Gasteiger partial charge < -0.3 is 15.1 Å². The second-order valence-electron chi connectivity index (χ2n) is 3.16. The molecule has 1 aromatic carbocycles. The van der Waals surface area contributed by atoms with Crippen LogP contribution in [0.2, 0.25) is 0 Å². The first-order valence-electron chi connectivity index (χ1n) is 4.72. The molecule has 0 heterocycles. The lowest BCUT2D eigenvalue weighted by Gasteiger charge is -2.04. The van der Waals surface area contributed by atoms with Crippen LogP contribution in [0.1, 0.15) is 23.6 Å². The highest BCUT2D eigenvalue weighted by Gasteiger charge is 2.01. The molecular formula is C11H13NO4. The van der Waals surface area contributed by atoms with Crippen molar-refractivity contribution in [3.8, 4) is 0 Å². The van der Waals surface area contributed by atoms with Gasteiger partial charge >= 0.3 is 5.97 Å². The Bertz CT molecular complexity index is 401. The van der Waals surface area contributed by atoms with E-state index >= 15 is 0 Å². The minimum absolute atomic E-state index is 0.128. The number of hydrogen-bond donors (Lipinski definition) is 2. The van der Waals surface area contributed by atoms with E-state index < -0.39 is 5.97 Å². The lowest BCUT2D eigenvalue weighted by molar-refractivity contribution is -0.140. The maximum absolute atomic E-state index is 10.4. The molecule has 0 unspecified atom stereocenters. The number of nitrogens with zero attached hydrogens (tertiary/aromatic N) is 1. The van der Waals surface area contributed by atoms with Crippen molar-refractivity contribution in [2.75, 3.05) is 0 Å². The van der Waals surface area contributed by atoms with Crippen molar-refractivity contribution < 1.29 is 19.8 Å². The number of rotatable bonds is 4. The van der Waals surface area contributed by atoms with Crippen LogP contribution in [-0.2, 0) is 22.8 Å². The van der Waals surface area contributed by atoms with Gasteiger partial charge in [0.05, 0.1) is 19.4 Å². The topological polar surface area (TPSA) is 79.1 Å². The molecular weight excluding hydrogens is 210 g/mol. The van der Waals surface area contributed by atoms with Gasteiger partial charge in [0.15, 0.2) is 0 Å². The predicted molar refractivity (Wildman–Crippen MR) is 57.6 cm³/mol. The van der Waals surface area contributed by atoms with E-state index in [0.717, 1.165) is 0 Å². The van der Waals surface area contributed by atoms with Crippen LogP contribution in [0.3, 0.4) is 0 Å². The lowest BCUT2D eigenvalue weighted by Crippen LogP contribution is -1.97. The fourth-order valence-electron chi connectivity index (χ4n) is 1.19. The quantitative estimate of drug-likeness (QED) is 0.444. The van der Waals surface area contributed by atoms with Gasteiger partial charge in [-0.1, -0.05) is 17.3 Å². The number of hydrogen-bond acceptors (Lipinski definition) is 5. The Balaban J connectivity index is 2.82. The Morgan fingerprint density at radius 1 is 1.38 bits per heavy atom.